The molecule has 4 rings (SSSR count). The van der Waals surface area contributed by atoms with Crippen LogP contribution in [0.5, 0.6) is 0 Å². The number of halogens is 1. The average molecular weight is 408 g/mol. The number of imide groups is 1. The van der Waals surface area contributed by atoms with Crippen LogP contribution >= 0.6 is 0 Å². The normalized spacial score (nSPS) is 16.7. The van der Waals surface area contributed by atoms with Gasteiger partial charge in [0.05, 0.1) is 24.8 Å². The molecule has 0 aliphatic carbocycles. The summed E-state index contributed by atoms with van der Waals surface area (Å²) in [5.41, 5.74) is 3.69. The second kappa shape index (κ2) is 8.40. The molecule has 0 unspecified atom stereocenters. The van der Waals surface area contributed by atoms with E-state index in [1.807, 2.05) is 30.9 Å². The monoisotopic (exact) mass is 408 g/mol. The van der Waals surface area contributed by atoms with Crippen molar-refractivity contribution in [2.45, 2.75) is 32.9 Å². The third-order valence-corrected chi connectivity index (χ3v) is 5.49. The third kappa shape index (κ3) is 3.87. The van der Waals surface area contributed by atoms with E-state index < -0.39 is 0 Å². The molecule has 0 radical (unpaired) electrons. The van der Waals surface area contributed by atoms with Crippen molar-refractivity contribution in [1.82, 2.24) is 9.80 Å². The molecular formula is C24H25FN2O3. The van der Waals surface area contributed by atoms with E-state index >= 15 is 0 Å². The van der Waals surface area contributed by atoms with E-state index in [2.05, 4.69) is 12.1 Å². The number of carbonyl (C=O) groups excluding carboxylic acids is 2. The molecule has 156 valence electrons. The molecule has 2 aliphatic rings. The maximum Gasteiger partial charge on any atom is 0.277 e. The van der Waals surface area contributed by atoms with Crippen LogP contribution < -0.4 is 0 Å². The fourth-order valence-corrected chi connectivity index (χ4v) is 4.00. The highest BCUT2D eigenvalue weighted by Gasteiger charge is 2.41. The van der Waals surface area contributed by atoms with Gasteiger partial charge in [-0.2, -0.15) is 0 Å². The highest BCUT2D eigenvalue weighted by molar-refractivity contribution is 6.35. The van der Waals surface area contributed by atoms with Crippen LogP contribution in [0.4, 0.5) is 4.39 Å². The first-order valence-electron chi connectivity index (χ1n) is 10.3. The highest BCUT2D eigenvalue weighted by Crippen LogP contribution is 2.34. The van der Waals surface area contributed by atoms with Crippen LogP contribution in [0.25, 0.3) is 5.57 Å². The van der Waals surface area contributed by atoms with E-state index in [0.717, 1.165) is 12.0 Å². The van der Waals surface area contributed by atoms with E-state index in [4.69, 9.17) is 4.74 Å². The average Bonchev–Trinajstić information content (AvgIpc) is 2.98. The van der Waals surface area contributed by atoms with E-state index in [-0.39, 0.29) is 36.9 Å². The molecule has 2 aromatic rings. The second-order valence-corrected chi connectivity index (χ2v) is 7.85. The van der Waals surface area contributed by atoms with E-state index in [9.17, 15) is 14.0 Å². The number of benzene rings is 2. The van der Waals surface area contributed by atoms with Crippen molar-refractivity contribution in [3.05, 3.63) is 76.7 Å². The molecule has 0 bridgehead atoms. The number of ether oxygens (including phenoxy) is 1. The molecule has 2 heterocycles. The van der Waals surface area contributed by atoms with Crippen LogP contribution in [0.2, 0.25) is 0 Å². The minimum Gasteiger partial charge on any atom is -0.377 e. The molecular weight excluding hydrogens is 383 g/mol. The summed E-state index contributed by atoms with van der Waals surface area (Å²) in [5, 5.41) is 0. The van der Waals surface area contributed by atoms with Crippen molar-refractivity contribution in [3.63, 3.8) is 0 Å². The first-order chi connectivity index (χ1) is 14.5. The fourth-order valence-electron chi connectivity index (χ4n) is 4.00. The lowest BCUT2D eigenvalue weighted by Gasteiger charge is -2.31. The number of hydrogen-bond donors (Lipinski definition) is 0. The number of fused-ring (bicyclic) bond motifs is 1. The number of carbonyl (C=O) groups is 2. The summed E-state index contributed by atoms with van der Waals surface area (Å²) in [4.78, 5) is 29.8. The standard InChI is InChI=1S/C24H25FN2O3/c1-16(2)30-14-13-27-23(28)21(18-7-9-20(25)10-8-18)22(24(27)29)26-12-11-17-5-3-4-6-19(17)15-26/h3-10,16H,11-15H2,1-2H3. The summed E-state index contributed by atoms with van der Waals surface area (Å²) in [5.74, 6) is -1.05. The van der Waals surface area contributed by atoms with Crippen molar-refractivity contribution in [3.8, 4) is 0 Å². The lowest BCUT2D eigenvalue weighted by Crippen LogP contribution is -2.39. The van der Waals surface area contributed by atoms with Crippen molar-refractivity contribution in [2.75, 3.05) is 19.7 Å². The van der Waals surface area contributed by atoms with Gasteiger partial charge >= 0.3 is 0 Å². The molecule has 0 saturated carbocycles. The maximum absolute atomic E-state index is 13.5. The molecule has 0 fully saturated rings. The van der Waals surface area contributed by atoms with E-state index in [0.29, 0.717) is 29.9 Å². The molecule has 6 heteroatoms. The van der Waals surface area contributed by atoms with Crippen molar-refractivity contribution >= 4 is 17.4 Å². The number of amides is 2. The van der Waals surface area contributed by atoms with Gasteiger partial charge in [-0.1, -0.05) is 36.4 Å². The molecule has 30 heavy (non-hydrogen) atoms. The van der Waals surface area contributed by atoms with Crippen LogP contribution in [0.3, 0.4) is 0 Å². The van der Waals surface area contributed by atoms with Crippen LogP contribution in [-0.2, 0) is 27.3 Å². The van der Waals surface area contributed by atoms with Crippen molar-refractivity contribution in [2.24, 2.45) is 0 Å². The number of nitrogens with zero attached hydrogens (tertiary/aromatic N) is 2. The summed E-state index contributed by atoms with van der Waals surface area (Å²) in [6.07, 6.45) is 0.814. The van der Waals surface area contributed by atoms with Gasteiger partial charge in [0.15, 0.2) is 0 Å². The minimum atomic E-state index is -0.383. The summed E-state index contributed by atoms with van der Waals surface area (Å²) < 4.78 is 19.0. The Bertz CT molecular complexity index is 998. The quantitative estimate of drug-likeness (QED) is 0.688. The van der Waals surface area contributed by atoms with Gasteiger partial charge in [-0.3, -0.25) is 14.5 Å². The first-order valence-corrected chi connectivity index (χ1v) is 10.3. The van der Waals surface area contributed by atoms with Gasteiger partial charge in [0, 0.05) is 13.1 Å². The summed E-state index contributed by atoms with van der Waals surface area (Å²) in [6, 6.07) is 13.9. The van der Waals surface area contributed by atoms with Gasteiger partial charge in [0.1, 0.15) is 11.5 Å². The molecule has 2 aromatic carbocycles. The van der Waals surface area contributed by atoms with Gasteiger partial charge in [-0.25, -0.2) is 4.39 Å². The van der Waals surface area contributed by atoms with Crippen LogP contribution in [0.1, 0.15) is 30.5 Å². The minimum absolute atomic E-state index is 0.0143. The smallest absolute Gasteiger partial charge is 0.277 e. The number of rotatable bonds is 6. The zero-order valence-electron chi connectivity index (χ0n) is 17.2. The zero-order valence-corrected chi connectivity index (χ0v) is 17.2. The lowest BCUT2D eigenvalue weighted by molar-refractivity contribution is -0.138. The Kier molecular flexibility index (Phi) is 5.68. The Morgan fingerprint density at radius 3 is 2.40 bits per heavy atom. The Labute approximate surface area is 175 Å². The van der Waals surface area contributed by atoms with Gasteiger partial charge in [0.25, 0.3) is 11.8 Å². The van der Waals surface area contributed by atoms with Crippen molar-refractivity contribution in [1.29, 1.82) is 0 Å². The van der Waals surface area contributed by atoms with Gasteiger partial charge < -0.3 is 9.64 Å². The first kappa shape index (κ1) is 20.3. The van der Waals surface area contributed by atoms with Gasteiger partial charge in [-0.15, -0.1) is 0 Å². The molecule has 5 nitrogen and oxygen atoms in total. The molecule has 0 saturated heterocycles. The highest BCUT2D eigenvalue weighted by atomic mass is 19.1. The molecule has 0 N–H and O–H groups in total. The maximum atomic E-state index is 13.5. The predicted octanol–water partition coefficient (Wildman–Crippen LogP) is 3.39. The largest absolute Gasteiger partial charge is 0.377 e. The Balaban J connectivity index is 1.69. The second-order valence-electron chi connectivity index (χ2n) is 7.85. The van der Waals surface area contributed by atoms with Gasteiger partial charge in [0.2, 0.25) is 0 Å². The summed E-state index contributed by atoms with van der Waals surface area (Å²) in [6.45, 7) is 5.49. The molecule has 2 aliphatic heterocycles. The zero-order chi connectivity index (χ0) is 21.3. The van der Waals surface area contributed by atoms with Gasteiger partial charge in [-0.05, 0) is 49.1 Å². The fraction of sp³-hybridized carbons (Fsp3) is 0.333. The third-order valence-electron chi connectivity index (χ3n) is 5.49. The number of hydrogen-bond acceptors (Lipinski definition) is 4. The molecule has 0 atom stereocenters. The molecule has 0 aromatic heterocycles. The van der Waals surface area contributed by atoms with E-state index in [1.54, 1.807) is 12.1 Å². The Morgan fingerprint density at radius 1 is 1.00 bits per heavy atom. The van der Waals surface area contributed by atoms with Crippen molar-refractivity contribution < 1.29 is 18.7 Å². The van der Waals surface area contributed by atoms with Crippen LogP contribution in [-0.4, -0.2) is 47.4 Å². The summed E-state index contributed by atoms with van der Waals surface area (Å²) >= 11 is 0. The summed E-state index contributed by atoms with van der Waals surface area (Å²) in [7, 11) is 0. The SMILES string of the molecule is CC(C)OCCN1C(=O)C(c2ccc(F)cc2)=C(N2CCc3ccccc3C2)C1=O. The Hall–Kier alpha value is -2.99. The Morgan fingerprint density at radius 2 is 1.70 bits per heavy atom. The lowest BCUT2D eigenvalue weighted by atomic mass is 9.98. The van der Waals surface area contributed by atoms with Crippen LogP contribution in [0, 0.1) is 5.82 Å². The predicted molar refractivity (Wildman–Crippen MR) is 112 cm³/mol. The molecule has 0 spiro atoms. The topological polar surface area (TPSA) is 49.9 Å². The van der Waals surface area contributed by atoms with Crippen LogP contribution in [0.15, 0.2) is 54.2 Å². The van der Waals surface area contributed by atoms with E-state index in [1.165, 1.54) is 22.6 Å². The molecule has 2 amide bonds.